The fourth-order valence-corrected chi connectivity index (χ4v) is 1.18. The summed E-state index contributed by atoms with van der Waals surface area (Å²) in [7, 11) is 0. The van der Waals surface area contributed by atoms with Crippen LogP contribution < -0.4 is 4.74 Å². The fourth-order valence-electron chi connectivity index (χ4n) is 1.18. The van der Waals surface area contributed by atoms with Gasteiger partial charge >= 0.3 is 0 Å². The predicted octanol–water partition coefficient (Wildman–Crippen LogP) is 3.23. The van der Waals surface area contributed by atoms with Gasteiger partial charge < -0.3 is 4.74 Å². The third-order valence-corrected chi connectivity index (χ3v) is 2.08. The van der Waals surface area contributed by atoms with E-state index in [1.165, 1.54) is 0 Å². The summed E-state index contributed by atoms with van der Waals surface area (Å²) in [6.45, 7) is 4.38. The highest BCUT2D eigenvalue weighted by atomic mass is 16.5. The van der Waals surface area contributed by atoms with Crippen LogP contribution >= 0.6 is 0 Å². The molecule has 2 heteroatoms. The Morgan fingerprint density at radius 2 is 2.00 bits per heavy atom. The zero-order chi connectivity index (χ0) is 11.1. The number of allylic oxidation sites excluding steroid dienone is 1. The first-order valence-corrected chi connectivity index (χ1v) is 5.15. The number of Topliss-reactive ketones (excluding diaryl/α,β-unsaturated/α-hetero) is 1. The first kappa shape index (κ1) is 11.5. The topological polar surface area (TPSA) is 26.3 Å². The van der Waals surface area contributed by atoms with Gasteiger partial charge in [0.25, 0.3) is 0 Å². The Hall–Kier alpha value is -1.57. The molecule has 0 radical (unpaired) electrons. The second-order valence-corrected chi connectivity index (χ2v) is 3.18. The quantitative estimate of drug-likeness (QED) is 0.543. The molecule has 0 unspecified atom stereocenters. The van der Waals surface area contributed by atoms with Gasteiger partial charge in [0.1, 0.15) is 12.4 Å². The second-order valence-electron chi connectivity index (χ2n) is 3.18. The zero-order valence-electron chi connectivity index (χ0n) is 9.19. The number of ether oxygens (including phenoxy) is 1. The minimum atomic E-state index is 0.162. The first-order valence-electron chi connectivity index (χ1n) is 5.15. The maximum absolute atomic E-state index is 11.3. The van der Waals surface area contributed by atoms with Crippen LogP contribution in [-0.2, 0) is 0 Å². The Kier molecular flexibility index (Phi) is 4.61. The number of hydrogen-bond acceptors (Lipinski definition) is 2. The van der Waals surface area contributed by atoms with E-state index in [0.717, 1.165) is 11.3 Å². The largest absolute Gasteiger partial charge is 0.490 e. The number of rotatable bonds is 5. The molecule has 2 nitrogen and oxygen atoms in total. The van der Waals surface area contributed by atoms with Crippen LogP contribution in [0.3, 0.4) is 0 Å². The molecule has 0 aliphatic carbocycles. The van der Waals surface area contributed by atoms with Gasteiger partial charge in [0.05, 0.1) is 0 Å². The lowest BCUT2D eigenvalue weighted by Gasteiger charge is -2.03. The molecule has 0 saturated heterocycles. The van der Waals surface area contributed by atoms with E-state index in [4.69, 9.17) is 4.74 Å². The average molecular weight is 204 g/mol. The molecule has 0 aromatic heterocycles. The summed E-state index contributed by atoms with van der Waals surface area (Å²) in [5, 5.41) is 0. The van der Waals surface area contributed by atoms with Crippen LogP contribution in [0.25, 0.3) is 0 Å². The third-order valence-electron chi connectivity index (χ3n) is 2.08. The highest BCUT2D eigenvalue weighted by molar-refractivity contribution is 5.95. The van der Waals surface area contributed by atoms with Gasteiger partial charge in [0.2, 0.25) is 0 Å². The SMILES string of the molecule is CC=CCOc1ccc(C(=O)CC)cc1. The van der Waals surface area contributed by atoms with E-state index in [-0.39, 0.29) is 5.78 Å². The van der Waals surface area contributed by atoms with Crippen molar-refractivity contribution in [1.82, 2.24) is 0 Å². The van der Waals surface area contributed by atoms with Gasteiger partial charge in [-0.25, -0.2) is 0 Å². The summed E-state index contributed by atoms with van der Waals surface area (Å²) in [6.07, 6.45) is 4.42. The van der Waals surface area contributed by atoms with Gasteiger partial charge in [-0.2, -0.15) is 0 Å². The summed E-state index contributed by atoms with van der Waals surface area (Å²) in [6, 6.07) is 7.26. The zero-order valence-corrected chi connectivity index (χ0v) is 9.19. The normalized spacial score (nSPS) is 10.5. The van der Waals surface area contributed by atoms with E-state index in [2.05, 4.69) is 0 Å². The van der Waals surface area contributed by atoms with Crippen molar-refractivity contribution in [2.45, 2.75) is 20.3 Å². The van der Waals surface area contributed by atoms with Gasteiger partial charge in [-0.15, -0.1) is 0 Å². The molecular formula is C13H16O2. The van der Waals surface area contributed by atoms with E-state index in [0.29, 0.717) is 13.0 Å². The van der Waals surface area contributed by atoms with Crippen molar-refractivity contribution in [1.29, 1.82) is 0 Å². The summed E-state index contributed by atoms with van der Waals surface area (Å²) >= 11 is 0. The van der Waals surface area contributed by atoms with Gasteiger partial charge in [0.15, 0.2) is 5.78 Å². The summed E-state index contributed by atoms with van der Waals surface area (Å²) in [4.78, 5) is 11.3. The lowest BCUT2D eigenvalue weighted by molar-refractivity contribution is 0.0988. The van der Waals surface area contributed by atoms with Crippen LogP contribution in [0.5, 0.6) is 5.75 Å². The smallest absolute Gasteiger partial charge is 0.162 e. The van der Waals surface area contributed by atoms with E-state index in [9.17, 15) is 4.79 Å². The standard InChI is InChI=1S/C13H16O2/c1-3-5-10-15-12-8-6-11(7-9-12)13(14)4-2/h3,5-9H,4,10H2,1-2H3. The number of hydrogen-bond donors (Lipinski definition) is 0. The lowest BCUT2D eigenvalue weighted by Crippen LogP contribution is -1.97. The molecule has 1 aromatic rings. The Labute approximate surface area is 90.6 Å². The highest BCUT2D eigenvalue weighted by Gasteiger charge is 2.01. The monoisotopic (exact) mass is 204 g/mol. The molecule has 0 atom stereocenters. The van der Waals surface area contributed by atoms with Crippen LogP contribution in [0, 0.1) is 0 Å². The minimum Gasteiger partial charge on any atom is -0.490 e. The number of carbonyl (C=O) groups excluding carboxylic acids is 1. The van der Waals surface area contributed by atoms with E-state index >= 15 is 0 Å². The molecule has 0 heterocycles. The molecule has 0 aliphatic rings. The second kappa shape index (κ2) is 6.02. The molecule has 0 spiro atoms. The number of benzene rings is 1. The maximum Gasteiger partial charge on any atom is 0.162 e. The van der Waals surface area contributed by atoms with Crippen molar-refractivity contribution in [3.05, 3.63) is 42.0 Å². The van der Waals surface area contributed by atoms with Crippen LogP contribution in [0.2, 0.25) is 0 Å². The van der Waals surface area contributed by atoms with E-state index in [1.54, 1.807) is 12.1 Å². The van der Waals surface area contributed by atoms with Crippen molar-refractivity contribution in [3.63, 3.8) is 0 Å². The molecular weight excluding hydrogens is 188 g/mol. The number of carbonyl (C=O) groups is 1. The Bertz CT molecular complexity index is 336. The first-order chi connectivity index (χ1) is 7.27. The molecule has 0 fully saturated rings. The number of ketones is 1. The van der Waals surface area contributed by atoms with Crippen LogP contribution in [0.1, 0.15) is 30.6 Å². The maximum atomic E-state index is 11.3. The molecule has 0 N–H and O–H groups in total. The van der Waals surface area contributed by atoms with E-state index in [1.807, 2.05) is 38.1 Å². The highest BCUT2D eigenvalue weighted by Crippen LogP contribution is 2.13. The lowest BCUT2D eigenvalue weighted by atomic mass is 10.1. The van der Waals surface area contributed by atoms with Crippen molar-refractivity contribution >= 4 is 5.78 Å². The Balaban J connectivity index is 2.60. The molecule has 0 bridgehead atoms. The van der Waals surface area contributed by atoms with Crippen LogP contribution in [-0.4, -0.2) is 12.4 Å². The van der Waals surface area contributed by atoms with Gasteiger partial charge in [-0.1, -0.05) is 19.1 Å². The molecule has 0 saturated carbocycles. The van der Waals surface area contributed by atoms with Crippen molar-refractivity contribution < 1.29 is 9.53 Å². The molecule has 0 aliphatic heterocycles. The predicted molar refractivity (Wildman–Crippen MR) is 61.4 cm³/mol. The molecule has 80 valence electrons. The van der Waals surface area contributed by atoms with Gasteiger partial charge in [-0.05, 0) is 31.2 Å². The van der Waals surface area contributed by atoms with Crippen molar-refractivity contribution in [3.8, 4) is 5.75 Å². The third kappa shape index (κ3) is 3.58. The summed E-state index contributed by atoms with van der Waals surface area (Å²) in [5.74, 6) is 0.954. The van der Waals surface area contributed by atoms with Crippen LogP contribution in [0.15, 0.2) is 36.4 Å². The molecule has 1 aromatic carbocycles. The molecule has 1 rings (SSSR count). The van der Waals surface area contributed by atoms with Crippen LogP contribution in [0.4, 0.5) is 0 Å². The van der Waals surface area contributed by atoms with Crippen molar-refractivity contribution in [2.24, 2.45) is 0 Å². The van der Waals surface area contributed by atoms with Gasteiger partial charge in [-0.3, -0.25) is 4.79 Å². The Morgan fingerprint density at radius 1 is 1.33 bits per heavy atom. The molecule has 0 amide bonds. The van der Waals surface area contributed by atoms with E-state index < -0.39 is 0 Å². The Morgan fingerprint density at radius 3 is 2.53 bits per heavy atom. The van der Waals surface area contributed by atoms with Gasteiger partial charge in [0, 0.05) is 12.0 Å². The molecule has 15 heavy (non-hydrogen) atoms. The van der Waals surface area contributed by atoms with Crippen molar-refractivity contribution in [2.75, 3.05) is 6.61 Å². The minimum absolute atomic E-state index is 0.162. The average Bonchev–Trinajstić information content (AvgIpc) is 2.29. The summed E-state index contributed by atoms with van der Waals surface area (Å²) in [5.41, 5.74) is 0.746. The summed E-state index contributed by atoms with van der Waals surface area (Å²) < 4.78 is 5.42. The fraction of sp³-hybridized carbons (Fsp3) is 0.308.